The Morgan fingerprint density at radius 2 is 1.80 bits per heavy atom. The second-order valence-electron chi connectivity index (χ2n) is 4.86. The number of nitrogens with two attached hydrogens (primary N) is 1. The number of amides is 1. The summed E-state index contributed by atoms with van der Waals surface area (Å²) in [5.41, 5.74) is 7.28. The summed E-state index contributed by atoms with van der Waals surface area (Å²) in [7, 11) is 0. The van der Waals surface area contributed by atoms with Crippen LogP contribution >= 0.6 is 0 Å². The zero-order valence-corrected chi connectivity index (χ0v) is 11.6. The zero-order chi connectivity index (χ0) is 15.0. The van der Waals surface area contributed by atoms with Crippen LogP contribution in [0.15, 0.2) is 29.1 Å². The van der Waals surface area contributed by atoms with Crippen molar-refractivity contribution in [1.82, 2.24) is 4.57 Å². The minimum atomic E-state index is -0.800. The molecule has 2 rings (SSSR count). The summed E-state index contributed by atoms with van der Waals surface area (Å²) in [5.74, 6) is -1.02. The number of carbonyl (C=O) groups is 1. The normalized spacial score (nSPS) is 10.6. The van der Waals surface area contributed by atoms with Gasteiger partial charge in [-0.05, 0) is 38.0 Å². The van der Waals surface area contributed by atoms with Crippen LogP contribution in [-0.2, 0) is 0 Å². The van der Waals surface area contributed by atoms with Crippen molar-refractivity contribution in [2.75, 3.05) is 0 Å². The molecule has 1 amide bonds. The van der Waals surface area contributed by atoms with Gasteiger partial charge in [-0.1, -0.05) is 17.7 Å². The third kappa shape index (κ3) is 2.18. The first-order valence-electron chi connectivity index (χ1n) is 6.16. The van der Waals surface area contributed by atoms with E-state index in [9.17, 15) is 14.7 Å². The Morgan fingerprint density at radius 1 is 1.15 bits per heavy atom. The highest BCUT2D eigenvalue weighted by molar-refractivity contribution is 5.94. The minimum Gasteiger partial charge on any atom is -0.494 e. The van der Waals surface area contributed by atoms with E-state index < -0.39 is 11.5 Å². The molecule has 20 heavy (non-hydrogen) atoms. The number of nitrogens with zero attached hydrogens (tertiary/aromatic N) is 1. The maximum Gasteiger partial charge on any atom is 0.271 e. The largest absolute Gasteiger partial charge is 0.494 e. The van der Waals surface area contributed by atoms with E-state index >= 15 is 0 Å². The summed E-state index contributed by atoms with van der Waals surface area (Å²) in [4.78, 5) is 23.8. The standard InChI is InChI=1S/C15H16N2O3/c1-8-4-5-11(9(2)6-8)17-12(18)7-10(3)13(14(16)19)15(17)20/h4-7,18H,1-3H3,(H2,16,19). The molecule has 104 valence electrons. The first kappa shape index (κ1) is 13.9. The summed E-state index contributed by atoms with van der Waals surface area (Å²) >= 11 is 0. The number of primary amides is 1. The van der Waals surface area contributed by atoms with Gasteiger partial charge in [0.1, 0.15) is 5.56 Å². The summed E-state index contributed by atoms with van der Waals surface area (Å²) in [6.45, 7) is 5.33. The number of pyridine rings is 1. The van der Waals surface area contributed by atoms with Crippen LogP contribution in [0.2, 0.25) is 0 Å². The van der Waals surface area contributed by atoms with Crippen molar-refractivity contribution in [1.29, 1.82) is 0 Å². The first-order valence-corrected chi connectivity index (χ1v) is 6.16. The second kappa shape index (κ2) is 4.85. The highest BCUT2D eigenvalue weighted by Gasteiger charge is 2.18. The van der Waals surface area contributed by atoms with E-state index in [-0.39, 0.29) is 11.4 Å². The van der Waals surface area contributed by atoms with Gasteiger partial charge in [0.15, 0.2) is 5.88 Å². The summed E-state index contributed by atoms with van der Waals surface area (Å²) in [5, 5.41) is 10.0. The Kier molecular flexibility index (Phi) is 3.36. The van der Waals surface area contributed by atoms with E-state index in [1.807, 2.05) is 26.0 Å². The fourth-order valence-corrected chi connectivity index (χ4v) is 2.30. The molecule has 0 saturated carbocycles. The zero-order valence-electron chi connectivity index (χ0n) is 11.6. The van der Waals surface area contributed by atoms with Crippen LogP contribution in [-0.4, -0.2) is 15.6 Å². The van der Waals surface area contributed by atoms with Gasteiger partial charge in [0.05, 0.1) is 5.69 Å². The average Bonchev–Trinajstić information content (AvgIpc) is 2.30. The Morgan fingerprint density at radius 3 is 2.35 bits per heavy atom. The van der Waals surface area contributed by atoms with Crippen molar-refractivity contribution in [3.63, 3.8) is 0 Å². The first-order chi connectivity index (χ1) is 9.32. The molecule has 5 nitrogen and oxygen atoms in total. The van der Waals surface area contributed by atoms with Gasteiger partial charge >= 0.3 is 0 Å². The molecule has 0 fully saturated rings. The SMILES string of the molecule is Cc1ccc(-n2c(O)cc(C)c(C(N)=O)c2=O)c(C)c1. The number of aromatic nitrogens is 1. The predicted octanol–water partition coefficient (Wildman–Crippen LogP) is 1.57. The lowest BCUT2D eigenvalue weighted by Gasteiger charge is -2.14. The van der Waals surface area contributed by atoms with Gasteiger partial charge in [0.25, 0.3) is 11.5 Å². The van der Waals surface area contributed by atoms with Crippen LogP contribution in [0.25, 0.3) is 5.69 Å². The molecule has 0 atom stereocenters. The molecule has 0 aliphatic rings. The lowest BCUT2D eigenvalue weighted by molar-refractivity contribution is 0.0998. The third-order valence-corrected chi connectivity index (χ3v) is 3.23. The molecule has 0 radical (unpaired) electrons. The van der Waals surface area contributed by atoms with Gasteiger partial charge in [0, 0.05) is 6.07 Å². The van der Waals surface area contributed by atoms with Crippen LogP contribution in [0.3, 0.4) is 0 Å². The minimum absolute atomic E-state index is 0.109. The van der Waals surface area contributed by atoms with Gasteiger partial charge in [-0.2, -0.15) is 0 Å². The van der Waals surface area contributed by atoms with E-state index in [0.717, 1.165) is 15.7 Å². The molecule has 0 aliphatic carbocycles. The maximum atomic E-state index is 12.4. The number of benzene rings is 1. The van der Waals surface area contributed by atoms with Crippen molar-refractivity contribution in [2.24, 2.45) is 5.73 Å². The molecule has 0 bridgehead atoms. The third-order valence-electron chi connectivity index (χ3n) is 3.23. The molecule has 2 aromatic rings. The number of hydrogen-bond donors (Lipinski definition) is 2. The lowest BCUT2D eigenvalue weighted by Crippen LogP contribution is -2.30. The summed E-state index contributed by atoms with van der Waals surface area (Å²) in [6, 6.07) is 6.82. The predicted molar refractivity (Wildman–Crippen MR) is 76.4 cm³/mol. The number of rotatable bonds is 2. The Hall–Kier alpha value is -2.56. The van der Waals surface area contributed by atoms with E-state index in [2.05, 4.69) is 0 Å². The lowest BCUT2D eigenvalue weighted by atomic mass is 10.1. The monoisotopic (exact) mass is 272 g/mol. The van der Waals surface area contributed by atoms with Crippen molar-refractivity contribution >= 4 is 5.91 Å². The molecule has 5 heteroatoms. The van der Waals surface area contributed by atoms with Crippen LogP contribution in [0.1, 0.15) is 27.0 Å². The van der Waals surface area contributed by atoms with E-state index in [1.54, 1.807) is 13.0 Å². The van der Waals surface area contributed by atoms with Gasteiger partial charge in [0.2, 0.25) is 0 Å². The Balaban J connectivity index is 2.84. The van der Waals surface area contributed by atoms with Gasteiger partial charge in [-0.25, -0.2) is 4.57 Å². The second-order valence-corrected chi connectivity index (χ2v) is 4.86. The fourth-order valence-electron chi connectivity index (χ4n) is 2.30. The van der Waals surface area contributed by atoms with E-state index in [1.165, 1.54) is 6.07 Å². The molecule has 1 aromatic carbocycles. The highest BCUT2D eigenvalue weighted by Crippen LogP contribution is 2.21. The molecule has 0 saturated heterocycles. The summed E-state index contributed by atoms with van der Waals surface area (Å²) in [6.07, 6.45) is 0. The maximum absolute atomic E-state index is 12.4. The molecule has 3 N–H and O–H groups in total. The number of aromatic hydroxyl groups is 1. The van der Waals surface area contributed by atoms with Crippen LogP contribution in [0, 0.1) is 20.8 Å². The molecule has 1 aromatic heterocycles. The van der Waals surface area contributed by atoms with Gasteiger partial charge in [-0.15, -0.1) is 0 Å². The van der Waals surface area contributed by atoms with Crippen LogP contribution in [0.4, 0.5) is 0 Å². The van der Waals surface area contributed by atoms with Crippen molar-refractivity contribution in [3.05, 3.63) is 56.9 Å². The van der Waals surface area contributed by atoms with Crippen molar-refractivity contribution in [2.45, 2.75) is 20.8 Å². The Labute approximate surface area is 116 Å². The number of hydrogen-bond acceptors (Lipinski definition) is 3. The highest BCUT2D eigenvalue weighted by atomic mass is 16.3. The molecular formula is C15H16N2O3. The number of aryl methyl sites for hydroxylation is 3. The topological polar surface area (TPSA) is 85.3 Å². The molecule has 1 heterocycles. The quantitative estimate of drug-likeness (QED) is 0.870. The van der Waals surface area contributed by atoms with Crippen molar-refractivity contribution in [3.8, 4) is 11.6 Å². The molecule has 0 unspecified atom stereocenters. The smallest absolute Gasteiger partial charge is 0.271 e. The molecule has 0 spiro atoms. The summed E-state index contributed by atoms with van der Waals surface area (Å²) < 4.78 is 1.10. The van der Waals surface area contributed by atoms with Crippen LogP contribution in [0.5, 0.6) is 5.88 Å². The molecule has 0 aliphatic heterocycles. The van der Waals surface area contributed by atoms with Crippen LogP contribution < -0.4 is 11.3 Å². The number of carbonyl (C=O) groups excluding carboxylic acids is 1. The van der Waals surface area contributed by atoms with Gasteiger partial charge in [-0.3, -0.25) is 9.59 Å². The van der Waals surface area contributed by atoms with Crippen molar-refractivity contribution < 1.29 is 9.90 Å². The Bertz CT molecular complexity index is 760. The van der Waals surface area contributed by atoms with Gasteiger partial charge < -0.3 is 10.8 Å². The average molecular weight is 272 g/mol. The fraction of sp³-hybridized carbons (Fsp3) is 0.200. The molecular weight excluding hydrogens is 256 g/mol. The van der Waals surface area contributed by atoms with E-state index in [4.69, 9.17) is 5.73 Å². The van der Waals surface area contributed by atoms with E-state index in [0.29, 0.717) is 11.3 Å².